The predicted octanol–water partition coefficient (Wildman–Crippen LogP) is 3.43. The fourth-order valence-electron chi connectivity index (χ4n) is 2.44. The fourth-order valence-corrected chi connectivity index (χ4v) is 2.64. The number of anilines is 1. The molecule has 1 atom stereocenters. The van der Waals surface area contributed by atoms with Crippen LogP contribution in [-0.2, 0) is 4.79 Å². The number of nitrogens with one attached hydrogen (secondary N) is 2. The molecule has 4 nitrogen and oxygen atoms in total. The highest BCUT2D eigenvalue weighted by Crippen LogP contribution is 2.24. The van der Waals surface area contributed by atoms with Gasteiger partial charge in [0.2, 0.25) is 0 Å². The summed E-state index contributed by atoms with van der Waals surface area (Å²) >= 11 is 6.00. The molecular weight excluding hydrogens is 274 g/mol. The first-order valence-corrected chi connectivity index (χ1v) is 7.42. The van der Waals surface area contributed by atoms with Crippen LogP contribution in [0.25, 0.3) is 0 Å². The van der Waals surface area contributed by atoms with Crippen LogP contribution in [0.4, 0.5) is 5.69 Å². The molecule has 0 spiro atoms. The molecule has 20 heavy (non-hydrogen) atoms. The Morgan fingerprint density at radius 2 is 2.25 bits per heavy atom. The van der Waals surface area contributed by atoms with E-state index in [-0.39, 0.29) is 12.5 Å². The largest absolute Gasteiger partial charge is 0.375 e. The number of carbonyl (C=O) groups is 1. The molecule has 0 radical (unpaired) electrons. The molecule has 1 aromatic rings. The van der Waals surface area contributed by atoms with E-state index in [0.717, 1.165) is 24.2 Å². The standard InChI is InChI=1S/C15H20ClN3O/c1-2-11-6-5-9-13(11)18-19-15(20)10-17-14-8-4-3-7-12(14)16/h3-4,7-8,11,17H,2,5-6,9-10H2,1H3,(H,19,20)/b18-13-/t11-/m1/s1. The Balaban J connectivity index is 1.81. The van der Waals surface area contributed by atoms with Crippen molar-refractivity contribution >= 4 is 28.9 Å². The molecule has 1 saturated carbocycles. The Bertz CT molecular complexity index is 502. The van der Waals surface area contributed by atoms with Crippen LogP contribution >= 0.6 is 11.6 Å². The third kappa shape index (κ3) is 3.97. The van der Waals surface area contributed by atoms with E-state index >= 15 is 0 Å². The quantitative estimate of drug-likeness (QED) is 0.817. The van der Waals surface area contributed by atoms with Crippen molar-refractivity contribution in [3.05, 3.63) is 29.3 Å². The van der Waals surface area contributed by atoms with Gasteiger partial charge in [0.05, 0.1) is 17.3 Å². The predicted molar refractivity (Wildman–Crippen MR) is 83.2 cm³/mol. The fraction of sp³-hybridized carbons (Fsp3) is 0.467. The number of hydrazone groups is 1. The Hall–Kier alpha value is -1.55. The zero-order valence-corrected chi connectivity index (χ0v) is 12.4. The maximum atomic E-state index is 11.8. The summed E-state index contributed by atoms with van der Waals surface area (Å²) in [7, 11) is 0. The van der Waals surface area contributed by atoms with E-state index in [0.29, 0.717) is 10.9 Å². The van der Waals surface area contributed by atoms with Gasteiger partial charge in [0.25, 0.3) is 5.91 Å². The summed E-state index contributed by atoms with van der Waals surface area (Å²) in [6, 6.07) is 7.35. The number of rotatable bonds is 5. The number of hydrogen-bond donors (Lipinski definition) is 2. The van der Waals surface area contributed by atoms with Crippen LogP contribution in [0.5, 0.6) is 0 Å². The zero-order valence-electron chi connectivity index (χ0n) is 11.7. The minimum Gasteiger partial charge on any atom is -0.375 e. The van der Waals surface area contributed by atoms with Gasteiger partial charge in [-0.3, -0.25) is 4.79 Å². The lowest BCUT2D eigenvalue weighted by atomic mass is 10.0. The van der Waals surface area contributed by atoms with Crippen LogP contribution in [-0.4, -0.2) is 18.2 Å². The summed E-state index contributed by atoms with van der Waals surface area (Å²) < 4.78 is 0. The van der Waals surface area contributed by atoms with Crippen molar-refractivity contribution < 1.29 is 4.79 Å². The van der Waals surface area contributed by atoms with Crippen molar-refractivity contribution in [1.29, 1.82) is 0 Å². The Morgan fingerprint density at radius 1 is 1.45 bits per heavy atom. The summed E-state index contributed by atoms with van der Waals surface area (Å²) in [6.07, 6.45) is 4.44. The summed E-state index contributed by atoms with van der Waals surface area (Å²) in [6.45, 7) is 2.32. The lowest BCUT2D eigenvalue weighted by Crippen LogP contribution is -2.27. The molecule has 0 saturated heterocycles. The van der Waals surface area contributed by atoms with Gasteiger partial charge < -0.3 is 5.32 Å². The average molecular weight is 294 g/mol. The molecule has 0 aliphatic heterocycles. The average Bonchev–Trinajstić information content (AvgIpc) is 2.91. The molecule has 0 heterocycles. The third-order valence-corrected chi connectivity index (χ3v) is 3.92. The van der Waals surface area contributed by atoms with Gasteiger partial charge in [0, 0.05) is 5.71 Å². The van der Waals surface area contributed by atoms with Crippen LogP contribution in [0.1, 0.15) is 32.6 Å². The molecule has 2 rings (SSSR count). The van der Waals surface area contributed by atoms with Crippen LogP contribution in [0.3, 0.4) is 0 Å². The maximum Gasteiger partial charge on any atom is 0.259 e. The molecule has 0 unspecified atom stereocenters. The molecule has 2 N–H and O–H groups in total. The van der Waals surface area contributed by atoms with Crippen LogP contribution in [0, 0.1) is 5.92 Å². The number of amides is 1. The number of halogens is 1. The third-order valence-electron chi connectivity index (χ3n) is 3.59. The normalized spacial score (nSPS) is 20.1. The second-order valence-corrected chi connectivity index (χ2v) is 5.38. The number of benzene rings is 1. The summed E-state index contributed by atoms with van der Waals surface area (Å²) in [5.74, 6) is 0.381. The van der Waals surface area contributed by atoms with E-state index in [9.17, 15) is 4.79 Å². The molecule has 1 aliphatic rings. The van der Waals surface area contributed by atoms with Gasteiger partial charge in [0.1, 0.15) is 0 Å². The molecular formula is C15H20ClN3O. The summed E-state index contributed by atoms with van der Waals surface area (Å²) in [4.78, 5) is 11.8. The van der Waals surface area contributed by atoms with Crippen molar-refractivity contribution in [3.63, 3.8) is 0 Å². The van der Waals surface area contributed by atoms with E-state index in [1.165, 1.54) is 12.8 Å². The van der Waals surface area contributed by atoms with Crippen molar-refractivity contribution in [1.82, 2.24) is 5.43 Å². The van der Waals surface area contributed by atoms with Gasteiger partial charge in [-0.15, -0.1) is 0 Å². The Labute approximate surface area is 124 Å². The number of nitrogens with zero attached hydrogens (tertiary/aromatic N) is 1. The lowest BCUT2D eigenvalue weighted by molar-refractivity contribution is -0.119. The number of para-hydroxylation sites is 1. The second-order valence-electron chi connectivity index (χ2n) is 4.97. The maximum absolute atomic E-state index is 11.8. The first-order chi connectivity index (χ1) is 9.70. The van der Waals surface area contributed by atoms with E-state index in [4.69, 9.17) is 11.6 Å². The highest BCUT2D eigenvalue weighted by atomic mass is 35.5. The second kappa shape index (κ2) is 7.29. The van der Waals surface area contributed by atoms with Crippen molar-refractivity contribution in [2.75, 3.05) is 11.9 Å². The lowest BCUT2D eigenvalue weighted by Gasteiger charge is -2.09. The van der Waals surface area contributed by atoms with Crippen molar-refractivity contribution in [2.24, 2.45) is 11.0 Å². The minimum absolute atomic E-state index is 0.154. The number of carbonyl (C=O) groups excluding carboxylic acids is 1. The topological polar surface area (TPSA) is 53.5 Å². The number of hydrogen-bond acceptors (Lipinski definition) is 3. The van der Waals surface area contributed by atoms with Crippen LogP contribution < -0.4 is 10.7 Å². The van der Waals surface area contributed by atoms with E-state index in [2.05, 4.69) is 22.8 Å². The Morgan fingerprint density at radius 3 is 3.00 bits per heavy atom. The van der Waals surface area contributed by atoms with Gasteiger partial charge in [0.15, 0.2) is 0 Å². The molecule has 0 aromatic heterocycles. The summed E-state index contributed by atoms with van der Waals surface area (Å²) in [5.41, 5.74) is 4.50. The Kier molecular flexibility index (Phi) is 5.41. The molecule has 0 bridgehead atoms. The zero-order chi connectivity index (χ0) is 14.4. The first-order valence-electron chi connectivity index (χ1n) is 7.04. The highest BCUT2D eigenvalue weighted by Gasteiger charge is 2.20. The van der Waals surface area contributed by atoms with Crippen LogP contribution in [0.2, 0.25) is 5.02 Å². The van der Waals surface area contributed by atoms with Gasteiger partial charge in [-0.05, 0) is 43.7 Å². The van der Waals surface area contributed by atoms with Crippen LogP contribution in [0.15, 0.2) is 29.4 Å². The first kappa shape index (κ1) is 14.9. The minimum atomic E-state index is -0.154. The van der Waals surface area contributed by atoms with E-state index in [1.54, 1.807) is 6.07 Å². The molecule has 1 aliphatic carbocycles. The SMILES string of the molecule is CC[C@@H]1CCC/C1=N/NC(=O)CNc1ccccc1Cl. The van der Waals surface area contributed by atoms with Crippen molar-refractivity contribution in [3.8, 4) is 0 Å². The molecule has 108 valence electrons. The van der Waals surface area contributed by atoms with Gasteiger partial charge >= 0.3 is 0 Å². The summed E-state index contributed by atoms with van der Waals surface area (Å²) in [5, 5.41) is 7.86. The van der Waals surface area contributed by atoms with E-state index < -0.39 is 0 Å². The van der Waals surface area contributed by atoms with E-state index in [1.807, 2.05) is 18.2 Å². The molecule has 1 fully saturated rings. The smallest absolute Gasteiger partial charge is 0.259 e. The van der Waals surface area contributed by atoms with Gasteiger partial charge in [-0.1, -0.05) is 30.7 Å². The van der Waals surface area contributed by atoms with Crippen molar-refractivity contribution in [2.45, 2.75) is 32.6 Å². The highest BCUT2D eigenvalue weighted by molar-refractivity contribution is 6.33. The van der Waals surface area contributed by atoms with Gasteiger partial charge in [-0.25, -0.2) is 5.43 Å². The monoisotopic (exact) mass is 293 g/mol. The van der Waals surface area contributed by atoms with Gasteiger partial charge in [-0.2, -0.15) is 5.10 Å². The molecule has 1 amide bonds. The molecule has 5 heteroatoms. The molecule has 1 aromatic carbocycles.